The number of hydrogen-bond acceptors (Lipinski definition) is 3. The lowest BCUT2D eigenvalue weighted by Crippen LogP contribution is -2.35. The molecule has 1 heterocycles. The summed E-state index contributed by atoms with van der Waals surface area (Å²) in [5.41, 5.74) is 0.629. The molecular weight excluding hydrogens is 230 g/mol. The van der Waals surface area contributed by atoms with Crippen molar-refractivity contribution in [1.82, 2.24) is 5.32 Å². The molecule has 1 atom stereocenters. The molecule has 0 saturated heterocycles. The number of carbonyl (C=O) groups is 1. The standard InChI is InChI=1S/C14H23NO3/c1-5-6-7-12-8-13(11(3)18-12)14(16)15-10(2)9-17-4/h8,10H,5-7,9H2,1-4H3,(H,15,16). The van der Waals surface area contributed by atoms with Crippen molar-refractivity contribution in [3.05, 3.63) is 23.2 Å². The van der Waals surface area contributed by atoms with Gasteiger partial charge in [0.1, 0.15) is 11.5 Å². The van der Waals surface area contributed by atoms with Crippen LogP contribution in [-0.4, -0.2) is 25.7 Å². The molecule has 0 aliphatic rings. The quantitative estimate of drug-likeness (QED) is 0.812. The monoisotopic (exact) mass is 253 g/mol. The van der Waals surface area contributed by atoms with E-state index in [2.05, 4.69) is 12.2 Å². The molecule has 0 spiro atoms. The first kappa shape index (κ1) is 14.8. The van der Waals surface area contributed by atoms with Crippen molar-refractivity contribution in [2.75, 3.05) is 13.7 Å². The van der Waals surface area contributed by atoms with Gasteiger partial charge in [0.15, 0.2) is 0 Å². The van der Waals surface area contributed by atoms with Crippen molar-refractivity contribution in [2.45, 2.75) is 46.1 Å². The smallest absolute Gasteiger partial charge is 0.255 e. The number of unbranched alkanes of at least 4 members (excludes halogenated alkanes) is 1. The Morgan fingerprint density at radius 3 is 2.89 bits per heavy atom. The summed E-state index contributed by atoms with van der Waals surface area (Å²) in [5.74, 6) is 1.48. The van der Waals surface area contributed by atoms with Crippen molar-refractivity contribution in [3.63, 3.8) is 0 Å². The molecular formula is C14H23NO3. The third-order valence-electron chi connectivity index (χ3n) is 2.78. The Morgan fingerprint density at radius 1 is 1.56 bits per heavy atom. The van der Waals surface area contributed by atoms with Crippen LogP contribution in [0, 0.1) is 6.92 Å². The largest absolute Gasteiger partial charge is 0.466 e. The average Bonchev–Trinajstić information content (AvgIpc) is 2.68. The third kappa shape index (κ3) is 4.18. The topological polar surface area (TPSA) is 51.5 Å². The summed E-state index contributed by atoms with van der Waals surface area (Å²) < 4.78 is 10.6. The molecule has 1 N–H and O–H groups in total. The van der Waals surface area contributed by atoms with E-state index in [9.17, 15) is 4.79 Å². The molecule has 18 heavy (non-hydrogen) atoms. The number of methoxy groups -OCH3 is 1. The van der Waals surface area contributed by atoms with Crippen molar-refractivity contribution in [1.29, 1.82) is 0 Å². The van der Waals surface area contributed by atoms with E-state index in [1.54, 1.807) is 7.11 Å². The van der Waals surface area contributed by atoms with E-state index in [4.69, 9.17) is 9.15 Å². The fraction of sp³-hybridized carbons (Fsp3) is 0.643. The summed E-state index contributed by atoms with van der Waals surface area (Å²) in [6, 6.07) is 1.84. The number of carbonyl (C=O) groups excluding carboxylic acids is 1. The second kappa shape index (κ2) is 7.21. The van der Waals surface area contributed by atoms with Crippen LogP contribution in [0.1, 0.15) is 48.6 Å². The van der Waals surface area contributed by atoms with Gasteiger partial charge in [-0.25, -0.2) is 0 Å². The van der Waals surface area contributed by atoms with Crippen LogP contribution >= 0.6 is 0 Å². The predicted octanol–water partition coefficient (Wildman–Crippen LogP) is 2.70. The number of furan rings is 1. The fourth-order valence-electron chi connectivity index (χ4n) is 1.84. The van der Waals surface area contributed by atoms with Gasteiger partial charge in [-0.3, -0.25) is 4.79 Å². The highest BCUT2D eigenvalue weighted by molar-refractivity contribution is 5.95. The summed E-state index contributed by atoms with van der Waals surface area (Å²) in [6.45, 7) is 6.38. The van der Waals surface area contributed by atoms with Gasteiger partial charge in [0.05, 0.1) is 12.2 Å². The zero-order chi connectivity index (χ0) is 13.5. The first-order chi connectivity index (χ1) is 8.58. The molecule has 0 radical (unpaired) electrons. The number of hydrogen-bond donors (Lipinski definition) is 1. The van der Waals surface area contributed by atoms with Crippen LogP contribution in [0.25, 0.3) is 0 Å². The van der Waals surface area contributed by atoms with Gasteiger partial charge in [-0.15, -0.1) is 0 Å². The van der Waals surface area contributed by atoms with Crippen LogP contribution < -0.4 is 5.32 Å². The molecule has 1 rings (SSSR count). The molecule has 1 unspecified atom stereocenters. The van der Waals surface area contributed by atoms with Crippen LogP contribution in [0.4, 0.5) is 0 Å². The summed E-state index contributed by atoms with van der Waals surface area (Å²) in [6.07, 6.45) is 3.08. The Morgan fingerprint density at radius 2 is 2.28 bits per heavy atom. The van der Waals surface area contributed by atoms with E-state index in [1.807, 2.05) is 19.9 Å². The number of ether oxygens (including phenoxy) is 1. The van der Waals surface area contributed by atoms with Gasteiger partial charge in [-0.2, -0.15) is 0 Å². The van der Waals surface area contributed by atoms with Gasteiger partial charge < -0.3 is 14.5 Å². The summed E-state index contributed by atoms with van der Waals surface area (Å²) >= 11 is 0. The first-order valence-electron chi connectivity index (χ1n) is 6.47. The number of aryl methyl sites for hydroxylation is 2. The Balaban J connectivity index is 2.64. The van der Waals surface area contributed by atoms with E-state index < -0.39 is 0 Å². The SMILES string of the molecule is CCCCc1cc(C(=O)NC(C)COC)c(C)o1. The molecule has 0 aliphatic heterocycles. The second-order valence-corrected chi connectivity index (χ2v) is 4.62. The van der Waals surface area contributed by atoms with Gasteiger partial charge in [0, 0.05) is 19.6 Å². The van der Waals surface area contributed by atoms with Gasteiger partial charge in [-0.05, 0) is 26.3 Å². The maximum Gasteiger partial charge on any atom is 0.255 e. The van der Waals surface area contributed by atoms with E-state index in [-0.39, 0.29) is 11.9 Å². The van der Waals surface area contributed by atoms with Gasteiger partial charge in [0.25, 0.3) is 5.91 Å². The van der Waals surface area contributed by atoms with E-state index in [0.29, 0.717) is 17.9 Å². The number of rotatable bonds is 7. The van der Waals surface area contributed by atoms with Crippen molar-refractivity contribution >= 4 is 5.91 Å². The summed E-state index contributed by atoms with van der Waals surface area (Å²) in [4.78, 5) is 12.0. The second-order valence-electron chi connectivity index (χ2n) is 4.62. The van der Waals surface area contributed by atoms with Crippen LogP contribution in [0.15, 0.2) is 10.5 Å². The van der Waals surface area contributed by atoms with Crippen LogP contribution in [0.2, 0.25) is 0 Å². The van der Waals surface area contributed by atoms with Gasteiger partial charge in [-0.1, -0.05) is 13.3 Å². The van der Waals surface area contributed by atoms with Crippen LogP contribution in [-0.2, 0) is 11.2 Å². The zero-order valence-corrected chi connectivity index (χ0v) is 11.7. The van der Waals surface area contributed by atoms with Crippen molar-refractivity contribution in [2.24, 2.45) is 0 Å². The normalized spacial score (nSPS) is 12.4. The van der Waals surface area contributed by atoms with Gasteiger partial charge in [0.2, 0.25) is 0 Å². The van der Waals surface area contributed by atoms with Gasteiger partial charge >= 0.3 is 0 Å². The maximum atomic E-state index is 12.0. The van der Waals surface area contributed by atoms with Crippen LogP contribution in [0.3, 0.4) is 0 Å². The van der Waals surface area contributed by atoms with Crippen molar-refractivity contribution < 1.29 is 13.9 Å². The molecule has 0 saturated carbocycles. The van der Waals surface area contributed by atoms with E-state index >= 15 is 0 Å². The molecule has 1 aromatic heterocycles. The molecule has 102 valence electrons. The predicted molar refractivity (Wildman–Crippen MR) is 70.9 cm³/mol. The molecule has 0 bridgehead atoms. The Hall–Kier alpha value is -1.29. The lowest BCUT2D eigenvalue weighted by atomic mass is 10.1. The lowest BCUT2D eigenvalue weighted by molar-refractivity contribution is 0.0904. The minimum absolute atomic E-state index is 0.00380. The molecule has 0 fully saturated rings. The lowest BCUT2D eigenvalue weighted by Gasteiger charge is -2.11. The zero-order valence-electron chi connectivity index (χ0n) is 11.7. The highest BCUT2D eigenvalue weighted by atomic mass is 16.5. The highest BCUT2D eigenvalue weighted by Crippen LogP contribution is 2.16. The average molecular weight is 253 g/mol. The maximum absolute atomic E-state index is 12.0. The first-order valence-corrected chi connectivity index (χ1v) is 6.47. The molecule has 1 amide bonds. The number of amides is 1. The highest BCUT2D eigenvalue weighted by Gasteiger charge is 2.16. The molecule has 1 aromatic rings. The molecule has 0 aromatic carbocycles. The Kier molecular flexibility index (Phi) is 5.92. The fourth-order valence-corrected chi connectivity index (χ4v) is 1.84. The Bertz CT molecular complexity index is 384. The van der Waals surface area contributed by atoms with Crippen LogP contribution in [0.5, 0.6) is 0 Å². The van der Waals surface area contributed by atoms with E-state index in [1.165, 1.54) is 0 Å². The molecule has 4 nitrogen and oxygen atoms in total. The minimum atomic E-state index is -0.0939. The van der Waals surface area contributed by atoms with E-state index in [0.717, 1.165) is 25.0 Å². The minimum Gasteiger partial charge on any atom is -0.466 e. The Labute approximate surface area is 109 Å². The summed E-state index contributed by atoms with van der Waals surface area (Å²) in [5, 5.41) is 2.88. The van der Waals surface area contributed by atoms with Crippen molar-refractivity contribution in [3.8, 4) is 0 Å². The molecule has 0 aliphatic carbocycles. The summed E-state index contributed by atoms with van der Waals surface area (Å²) in [7, 11) is 1.62. The third-order valence-corrected chi connectivity index (χ3v) is 2.78. The number of nitrogens with one attached hydrogen (secondary N) is 1. The molecule has 4 heteroatoms.